The smallest absolute Gasteiger partial charge is 0.337 e. The summed E-state index contributed by atoms with van der Waals surface area (Å²) in [5, 5.41) is 0. The maximum atomic E-state index is 13.8. The van der Waals surface area contributed by atoms with E-state index in [2.05, 4.69) is 4.98 Å². The quantitative estimate of drug-likeness (QED) is 0.522. The minimum absolute atomic E-state index is 0.188. The summed E-state index contributed by atoms with van der Waals surface area (Å²) >= 11 is 0. The van der Waals surface area contributed by atoms with E-state index in [1.807, 2.05) is 24.3 Å². The van der Waals surface area contributed by atoms with Gasteiger partial charge in [-0.2, -0.15) is 0 Å². The summed E-state index contributed by atoms with van der Waals surface area (Å²) in [5.74, 6) is 0.224. The monoisotopic (exact) mass is 394 g/mol. The molecule has 4 aromatic rings. The van der Waals surface area contributed by atoms with E-state index in [1.165, 1.54) is 29.1 Å². The van der Waals surface area contributed by atoms with Crippen LogP contribution < -0.4 is 16.0 Å². The van der Waals surface area contributed by atoms with Crippen LogP contribution in [0.1, 0.15) is 12.5 Å². The fraction of sp³-hybridized carbons (Fsp3) is 0.190. The molecule has 0 N–H and O–H groups in total. The fourth-order valence-corrected chi connectivity index (χ4v) is 3.39. The number of imidazole rings is 1. The van der Waals surface area contributed by atoms with E-state index in [0.717, 1.165) is 10.1 Å². The first-order chi connectivity index (χ1) is 14.0. The summed E-state index contributed by atoms with van der Waals surface area (Å²) in [6, 6.07) is 13.1. The minimum Gasteiger partial charge on any atom is -0.497 e. The first-order valence-electron chi connectivity index (χ1n) is 9.13. The van der Waals surface area contributed by atoms with E-state index >= 15 is 0 Å². The Bertz CT molecular complexity index is 1320. The highest BCUT2D eigenvalue weighted by atomic mass is 19.1. The standard InChI is InChI=1S/C21H19FN4O3/c1-3-25-20(27)18-19(26(21(25)28)16-8-5-7-15(22)11-16)23-13-24(18)12-14-6-4-9-17(10-14)29-2/h4-11,13H,3,12H2,1-2H3. The van der Waals surface area contributed by atoms with Crippen LogP contribution in [-0.4, -0.2) is 25.8 Å². The molecular weight excluding hydrogens is 375 g/mol. The molecule has 2 aromatic heterocycles. The lowest BCUT2D eigenvalue weighted by atomic mass is 10.2. The van der Waals surface area contributed by atoms with Crippen molar-refractivity contribution >= 4 is 11.2 Å². The molecule has 0 aliphatic carbocycles. The van der Waals surface area contributed by atoms with Gasteiger partial charge in [-0.3, -0.25) is 9.36 Å². The molecule has 0 unspecified atom stereocenters. The molecule has 29 heavy (non-hydrogen) atoms. The molecule has 2 heterocycles. The van der Waals surface area contributed by atoms with Crippen molar-refractivity contribution in [2.45, 2.75) is 20.0 Å². The highest BCUT2D eigenvalue weighted by Gasteiger charge is 2.19. The van der Waals surface area contributed by atoms with Gasteiger partial charge in [0.25, 0.3) is 5.56 Å². The van der Waals surface area contributed by atoms with Gasteiger partial charge >= 0.3 is 5.69 Å². The van der Waals surface area contributed by atoms with Crippen LogP contribution in [0.4, 0.5) is 4.39 Å². The Labute approximate surface area is 165 Å². The molecule has 0 bridgehead atoms. The van der Waals surface area contributed by atoms with Crippen molar-refractivity contribution in [3.05, 3.63) is 87.1 Å². The predicted molar refractivity (Wildman–Crippen MR) is 107 cm³/mol. The van der Waals surface area contributed by atoms with Crippen LogP contribution >= 0.6 is 0 Å². The van der Waals surface area contributed by atoms with Crippen molar-refractivity contribution in [1.82, 2.24) is 18.7 Å². The van der Waals surface area contributed by atoms with Crippen molar-refractivity contribution in [1.29, 1.82) is 0 Å². The second kappa shape index (κ2) is 7.38. The highest BCUT2D eigenvalue weighted by molar-refractivity contribution is 5.72. The molecule has 0 spiro atoms. The zero-order valence-corrected chi connectivity index (χ0v) is 16.0. The van der Waals surface area contributed by atoms with Crippen molar-refractivity contribution in [3.63, 3.8) is 0 Å². The van der Waals surface area contributed by atoms with Crippen LogP contribution in [0.2, 0.25) is 0 Å². The van der Waals surface area contributed by atoms with Crippen LogP contribution in [-0.2, 0) is 13.1 Å². The van der Waals surface area contributed by atoms with Crippen LogP contribution in [0.3, 0.4) is 0 Å². The topological polar surface area (TPSA) is 71.0 Å². The van der Waals surface area contributed by atoms with Crippen LogP contribution in [0.25, 0.3) is 16.9 Å². The molecule has 4 rings (SSSR count). The molecule has 0 saturated carbocycles. The van der Waals surface area contributed by atoms with Crippen molar-refractivity contribution in [2.75, 3.05) is 7.11 Å². The first-order valence-corrected chi connectivity index (χ1v) is 9.13. The number of hydrogen-bond donors (Lipinski definition) is 0. The SMILES string of the molecule is CCn1c(=O)c2c(ncn2Cc2cccc(OC)c2)n(-c2cccc(F)c2)c1=O. The molecule has 0 radical (unpaired) electrons. The van der Waals surface area contributed by atoms with Gasteiger partial charge in [-0.1, -0.05) is 18.2 Å². The molecule has 2 aromatic carbocycles. The van der Waals surface area contributed by atoms with E-state index in [4.69, 9.17) is 4.74 Å². The average Bonchev–Trinajstić information content (AvgIpc) is 3.12. The van der Waals surface area contributed by atoms with E-state index in [0.29, 0.717) is 18.0 Å². The first kappa shape index (κ1) is 18.7. The Morgan fingerprint density at radius 1 is 1.10 bits per heavy atom. The second-order valence-electron chi connectivity index (χ2n) is 6.54. The molecular formula is C21H19FN4O3. The van der Waals surface area contributed by atoms with Gasteiger partial charge in [0.1, 0.15) is 11.6 Å². The van der Waals surface area contributed by atoms with Crippen molar-refractivity contribution in [3.8, 4) is 11.4 Å². The molecule has 7 nitrogen and oxygen atoms in total. The van der Waals surface area contributed by atoms with Gasteiger partial charge in [0.15, 0.2) is 11.2 Å². The van der Waals surface area contributed by atoms with Crippen molar-refractivity contribution in [2.24, 2.45) is 0 Å². The molecule has 0 fully saturated rings. The van der Waals surface area contributed by atoms with Crippen LogP contribution in [0.15, 0.2) is 64.4 Å². The number of halogens is 1. The van der Waals surface area contributed by atoms with Gasteiger partial charge in [-0.15, -0.1) is 0 Å². The Balaban J connectivity index is 1.97. The Hall–Kier alpha value is -3.68. The van der Waals surface area contributed by atoms with E-state index in [9.17, 15) is 14.0 Å². The molecule has 8 heteroatoms. The number of nitrogens with zero attached hydrogens (tertiary/aromatic N) is 4. The van der Waals surface area contributed by atoms with Gasteiger partial charge in [0.05, 0.1) is 19.1 Å². The third-order valence-electron chi connectivity index (χ3n) is 4.77. The third-order valence-corrected chi connectivity index (χ3v) is 4.77. The minimum atomic E-state index is -0.553. The number of aromatic nitrogens is 4. The number of ether oxygens (including phenoxy) is 1. The average molecular weight is 394 g/mol. The fourth-order valence-electron chi connectivity index (χ4n) is 3.39. The van der Waals surface area contributed by atoms with Crippen LogP contribution in [0, 0.1) is 5.82 Å². The Morgan fingerprint density at radius 3 is 2.62 bits per heavy atom. The molecule has 0 amide bonds. The zero-order chi connectivity index (χ0) is 20.5. The predicted octanol–water partition coefficient (Wildman–Crippen LogP) is 2.56. The molecule has 0 aliphatic heterocycles. The lowest BCUT2D eigenvalue weighted by Crippen LogP contribution is -2.39. The normalized spacial score (nSPS) is 11.1. The highest BCUT2D eigenvalue weighted by Crippen LogP contribution is 2.17. The van der Waals surface area contributed by atoms with Gasteiger partial charge in [-0.05, 0) is 42.8 Å². The van der Waals surface area contributed by atoms with Gasteiger partial charge in [0, 0.05) is 13.1 Å². The zero-order valence-electron chi connectivity index (χ0n) is 16.0. The Morgan fingerprint density at radius 2 is 1.90 bits per heavy atom. The van der Waals surface area contributed by atoms with Gasteiger partial charge in [0.2, 0.25) is 0 Å². The van der Waals surface area contributed by atoms with E-state index in [-0.39, 0.29) is 17.7 Å². The third kappa shape index (κ3) is 3.22. The number of rotatable bonds is 5. The maximum Gasteiger partial charge on any atom is 0.337 e. The summed E-state index contributed by atoms with van der Waals surface area (Å²) in [6.07, 6.45) is 1.51. The Kier molecular flexibility index (Phi) is 4.75. The number of hydrogen-bond acceptors (Lipinski definition) is 4. The van der Waals surface area contributed by atoms with Crippen molar-refractivity contribution < 1.29 is 9.13 Å². The lowest BCUT2D eigenvalue weighted by Gasteiger charge is -2.12. The molecule has 0 atom stereocenters. The van der Waals surface area contributed by atoms with Gasteiger partial charge in [-0.25, -0.2) is 18.7 Å². The second-order valence-corrected chi connectivity index (χ2v) is 6.54. The number of benzene rings is 2. The summed E-state index contributed by atoms with van der Waals surface area (Å²) in [4.78, 5) is 30.3. The number of fused-ring (bicyclic) bond motifs is 1. The summed E-state index contributed by atoms with van der Waals surface area (Å²) < 4.78 is 23.1. The van der Waals surface area contributed by atoms with Crippen LogP contribution in [0.5, 0.6) is 5.75 Å². The van der Waals surface area contributed by atoms with E-state index in [1.54, 1.807) is 24.7 Å². The number of methoxy groups -OCH3 is 1. The summed E-state index contributed by atoms with van der Waals surface area (Å²) in [7, 11) is 1.59. The maximum absolute atomic E-state index is 13.8. The largest absolute Gasteiger partial charge is 0.497 e. The molecule has 0 saturated heterocycles. The molecule has 0 aliphatic rings. The molecule has 148 valence electrons. The summed E-state index contributed by atoms with van der Waals surface area (Å²) in [5.41, 5.74) is 0.711. The van der Waals surface area contributed by atoms with Gasteiger partial charge < -0.3 is 9.30 Å². The lowest BCUT2D eigenvalue weighted by molar-refractivity contribution is 0.414. The summed E-state index contributed by atoms with van der Waals surface area (Å²) in [6.45, 7) is 2.27. The van der Waals surface area contributed by atoms with E-state index < -0.39 is 17.1 Å².